The number of allylic oxidation sites excluding steroid dienone is 7. The molecule has 0 aromatic heterocycles. The molecule has 1 unspecified atom stereocenters. The number of rotatable bonds is 0. The van der Waals surface area contributed by atoms with Crippen molar-refractivity contribution < 1.29 is 0 Å². The van der Waals surface area contributed by atoms with Gasteiger partial charge in [0.05, 0.1) is 0 Å². The maximum absolute atomic E-state index is 2.42. The van der Waals surface area contributed by atoms with Gasteiger partial charge in [-0.25, -0.2) is 0 Å². The first-order valence-electron chi connectivity index (χ1n) is 6.49. The first-order chi connectivity index (χ1) is 8.92. The highest BCUT2D eigenvalue weighted by Crippen LogP contribution is 2.30. The van der Waals surface area contributed by atoms with Crippen molar-refractivity contribution in [1.82, 2.24) is 0 Å². The lowest BCUT2D eigenvalue weighted by Crippen LogP contribution is -2.28. The standard InChI is InChI=1S/C18H14/c1-4-13-6-2-8-15-10-11-16-9-3-7-14(5-1)18(16)12-17(13)15/h2-12,17H,1H2/b13-4-,14-5-. The summed E-state index contributed by atoms with van der Waals surface area (Å²) in [7, 11) is 0. The van der Waals surface area contributed by atoms with Gasteiger partial charge in [0.25, 0.3) is 0 Å². The molecule has 0 heterocycles. The predicted molar refractivity (Wildman–Crippen MR) is 77.1 cm³/mol. The molecular formula is C18H14. The lowest BCUT2D eigenvalue weighted by Gasteiger charge is -2.19. The van der Waals surface area contributed by atoms with Gasteiger partial charge in [-0.2, -0.15) is 0 Å². The Labute approximate surface area is 107 Å². The molecular weight excluding hydrogens is 216 g/mol. The fraction of sp³-hybridized carbons (Fsp3) is 0.111. The number of hydrogen-bond donors (Lipinski definition) is 0. The Kier molecular flexibility index (Phi) is 2.04. The van der Waals surface area contributed by atoms with Crippen LogP contribution < -0.4 is 10.4 Å². The third-order valence-electron chi connectivity index (χ3n) is 3.95. The van der Waals surface area contributed by atoms with E-state index in [2.05, 4.69) is 66.8 Å². The minimum Gasteiger partial charge on any atom is -0.0766 e. The average molecular weight is 230 g/mol. The molecule has 0 fully saturated rings. The van der Waals surface area contributed by atoms with E-state index in [1.165, 1.54) is 27.1 Å². The molecule has 1 aromatic carbocycles. The summed E-state index contributed by atoms with van der Waals surface area (Å²) >= 11 is 0. The molecule has 0 spiro atoms. The van der Waals surface area contributed by atoms with Gasteiger partial charge in [-0.05, 0) is 33.6 Å². The molecule has 1 aromatic rings. The smallest absolute Gasteiger partial charge is 0.0275 e. The van der Waals surface area contributed by atoms with Crippen molar-refractivity contribution in [1.29, 1.82) is 0 Å². The zero-order chi connectivity index (χ0) is 11.9. The van der Waals surface area contributed by atoms with E-state index in [4.69, 9.17) is 0 Å². The Bertz CT molecular complexity index is 752. The summed E-state index contributed by atoms with van der Waals surface area (Å²) in [5, 5.41) is 2.76. The predicted octanol–water partition coefficient (Wildman–Crippen LogP) is 2.72. The minimum atomic E-state index is 0.433. The molecule has 0 nitrogen and oxygen atoms in total. The molecule has 0 heteroatoms. The highest BCUT2D eigenvalue weighted by Gasteiger charge is 2.18. The van der Waals surface area contributed by atoms with Crippen LogP contribution in [0.4, 0.5) is 0 Å². The van der Waals surface area contributed by atoms with E-state index in [1.54, 1.807) is 0 Å². The van der Waals surface area contributed by atoms with Crippen LogP contribution in [-0.2, 0) is 0 Å². The van der Waals surface area contributed by atoms with E-state index in [1.807, 2.05) is 0 Å². The van der Waals surface area contributed by atoms with E-state index in [-0.39, 0.29) is 0 Å². The Morgan fingerprint density at radius 1 is 0.944 bits per heavy atom. The fourth-order valence-electron chi connectivity index (χ4n) is 3.01. The first-order valence-corrected chi connectivity index (χ1v) is 6.49. The minimum absolute atomic E-state index is 0.433. The zero-order valence-electron chi connectivity index (χ0n) is 10.1. The molecule has 0 saturated carbocycles. The van der Waals surface area contributed by atoms with Crippen LogP contribution in [0.1, 0.15) is 12.0 Å². The molecule has 3 aliphatic carbocycles. The van der Waals surface area contributed by atoms with Crippen molar-refractivity contribution in [3.63, 3.8) is 0 Å². The van der Waals surface area contributed by atoms with Crippen molar-refractivity contribution in [2.24, 2.45) is 5.92 Å². The van der Waals surface area contributed by atoms with E-state index < -0.39 is 0 Å². The van der Waals surface area contributed by atoms with Gasteiger partial charge in [-0.15, -0.1) is 0 Å². The number of benzene rings is 1. The molecule has 4 rings (SSSR count). The van der Waals surface area contributed by atoms with Crippen LogP contribution in [0.2, 0.25) is 0 Å². The largest absolute Gasteiger partial charge is 0.0766 e. The van der Waals surface area contributed by atoms with Crippen molar-refractivity contribution in [2.45, 2.75) is 6.42 Å². The van der Waals surface area contributed by atoms with Gasteiger partial charge >= 0.3 is 0 Å². The van der Waals surface area contributed by atoms with Gasteiger partial charge in [0, 0.05) is 5.92 Å². The number of hydrogen-bond acceptors (Lipinski definition) is 0. The van der Waals surface area contributed by atoms with E-state index in [0.717, 1.165) is 6.42 Å². The summed E-state index contributed by atoms with van der Waals surface area (Å²) in [6.45, 7) is 0. The lowest BCUT2D eigenvalue weighted by atomic mass is 9.85. The summed E-state index contributed by atoms with van der Waals surface area (Å²) in [4.78, 5) is 0. The second kappa shape index (κ2) is 3.71. The maximum atomic E-state index is 2.42. The van der Waals surface area contributed by atoms with Crippen LogP contribution in [0.3, 0.4) is 0 Å². The van der Waals surface area contributed by atoms with Crippen LogP contribution in [0, 0.1) is 5.92 Å². The topological polar surface area (TPSA) is 0 Å². The van der Waals surface area contributed by atoms with Gasteiger partial charge in [-0.1, -0.05) is 66.8 Å². The summed E-state index contributed by atoms with van der Waals surface area (Å²) < 4.78 is 0. The molecule has 0 saturated heterocycles. The van der Waals surface area contributed by atoms with Crippen molar-refractivity contribution in [2.75, 3.05) is 0 Å². The monoisotopic (exact) mass is 230 g/mol. The molecule has 2 bridgehead atoms. The Balaban J connectivity index is 2.15. The highest BCUT2D eigenvalue weighted by molar-refractivity contribution is 5.66. The lowest BCUT2D eigenvalue weighted by molar-refractivity contribution is 0.982. The van der Waals surface area contributed by atoms with Crippen LogP contribution >= 0.6 is 0 Å². The Morgan fingerprint density at radius 2 is 1.94 bits per heavy atom. The Hall–Kier alpha value is -2.08. The second-order valence-corrected chi connectivity index (χ2v) is 5.00. The van der Waals surface area contributed by atoms with Gasteiger partial charge in [0.15, 0.2) is 0 Å². The first kappa shape index (κ1) is 9.90. The van der Waals surface area contributed by atoms with Crippen LogP contribution in [0.15, 0.2) is 59.7 Å². The van der Waals surface area contributed by atoms with Crippen LogP contribution in [-0.4, -0.2) is 0 Å². The SMILES string of the molecule is C1=C/C2=C/C/C=c3/cccc4c3=CC2C(=C1)C=C4. The normalized spacial score (nSPS) is 27.6. The molecule has 18 heavy (non-hydrogen) atoms. The van der Waals surface area contributed by atoms with E-state index >= 15 is 0 Å². The zero-order valence-corrected chi connectivity index (χ0v) is 10.1. The third kappa shape index (κ3) is 1.39. The van der Waals surface area contributed by atoms with E-state index in [9.17, 15) is 0 Å². The highest BCUT2D eigenvalue weighted by atomic mass is 14.2. The summed E-state index contributed by atoms with van der Waals surface area (Å²) in [5.74, 6) is 0.433. The van der Waals surface area contributed by atoms with Gasteiger partial charge < -0.3 is 0 Å². The van der Waals surface area contributed by atoms with Gasteiger partial charge in [0.1, 0.15) is 0 Å². The molecule has 86 valence electrons. The van der Waals surface area contributed by atoms with Gasteiger partial charge in [0.2, 0.25) is 0 Å². The molecule has 0 aliphatic heterocycles. The van der Waals surface area contributed by atoms with Crippen LogP contribution in [0.25, 0.3) is 18.2 Å². The quantitative estimate of drug-likeness (QED) is 0.643. The molecule has 0 radical (unpaired) electrons. The fourth-order valence-corrected chi connectivity index (χ4v) is 3.01. The molecule has 0 N–H and O–H groups in total. The van der Waals surface area contributed by atoms with Crippen LogP contribution in [0.5, 0.6) is 0 Å². The van der Waals surface area contributed by atoms with Crippen molar-refractivity contribution >= 4 is 18.2 Å². The average Bonchev–Trinajstić information content (AvgIpc) is 2.56. The van der Waals surface area contributed by atoms with Crippen molar-refractivity contribution in [3.8, 4) is 0 Å². The van der Waals surface area contributed by atoms with E-state index in [0.29, 0.717) is 5.92 Å². The molecule has 1 atom stereocenters. The molecule has 0 amide bonds. The summed E-state index contributed by atoms with van der Waals surface area (Å²) in [6, 6.07) is 6.57. The second-order valence-electron chi connectivity index (χ2n) is 5.00. The molecule has 3 aliphatic rings. The van der Waals surface area contributed by atoms with Crippen molar-refractivity contribution in [3.05, 3.63) is 75.7 Å². The maximum Gasteiger partial charge on any atom is 0.0275 e. The van der Waals surface area contributed by atoms with Gasteiger partial charge in [-0.3, -0.25) is 0 Å². The summed E-state index contributed by atoms with van der Waals surface area (Å²) in [6.07, 6.45) is 19.3. The summed E-state index contributed by atoms with van der Waals surface area (Å²) in [5.41, 5.74) is 4.16. The Morgan fingerprint density at radius 3 is 2.94 bits per heavy atom. The third-order valence-corrected chi connectivity index (χ3v) is 3.95.